The number of allylic oxidation sites excluding steroid dienone is 2. The van der Waals surface area contributed by atoms with E-state index >= 15 is 0 Å². The summed E-state index contributed by atoms with van der Waals surface area (Å²) in [5.41, 5.74) is 7.27. The van der Waals surface area contributed by atoms with Gasteiger partial charge in [-0.25, -0.2) is 4.98 Å². The average molecular weight is 444 g/mol. The predicted octanol–water partition coefficient (Wildman–Crippen LogP) is 8.21. The van der Waals surface area contributed by atoms with E-state index in [-0.39, 0.29) is 11.5 Å². The summed E-state index contributed by atoms with van der Waals surface area (Å²) < 4.78 is 0. The van der Waals surface area contributed by atoms with Gasteiger partial charge in [-0.1, -0.05) is 67.5 Å². The first-order valence-corrected chi connectivity index (χ1v) is 12.3. The molecule has 3 rings (SSSR count). The van der Waals surface area contributed by atoms with E-state index in [4.69, 9.17) is 4.98 Å². The quantitative estimate of drug-likeness (QED) is 0.174. The molecule has 1 aromatic heterocycles. The highest BCUT2D eigenvalue weighted by atomic mass is 16.3. The minimum atomic E-state index is -0.0874. The molecule has 0 unspecified atom stereocenters. The van der Waals surface area contributed by atoms with E-state index in [1.165, 1.54) is 72.7 Å². The van der Waals surface area contributed by atoms with E-state index in [9.17, 15) is 9.90 Å². The molecule has 3 nitrogen and oxygen atoms in total. The molecular weight excluding hydrogens is 406 g/mol. The van der Waals surface area contributed by atoms with Crippen molar-refractivity contribution in [3.05, 3.63) is 77.1 Å². The van der Waals surface area contributed by atoms with E-state index in [1.807, 2.05) is 0 Å². The third-order valence-corrected chi connectivity index (χ3v) is 6.07. The van der Waals surface area contributed by atoms with Gasteiger partial charge in [-0.05, 0) is 69.9 Å². The van der Waals surface area contributed by atoms with Crippen LogP contribution in [0.15, 0.2) is 60.4 Å². The highest BCUT2D eigenvalue weighted by Gasteiger charge is 2.08. The first-order chi connectivity index (χ1) is 15.9. The highest BCUT2D eigenvalue weighted by molar-refractivity contribution is 5.87. The summed E-state index contributed by atoms with van der Waals surface area (Å²) in [6.45, 7) is 5.75. The number of aliphatic hydroxyl groups is 1. The Hall–Kier alpha value is -2.94. The Morgan fingerprint density at radius 3 is 2.21 bits per heavy atom. The molecule has 0 fully saturated rings. The number of benzene rings is 2. The van der Waals surface area contributed by atoms with Gasteiger partial charge in [-0.15, -0.1) is 0 Å². The molecule has 0 saturated heterocycles. The van der Waals surface area contributed by atoms with Crippen LogP contribution in [0.5, 0.6) is 0 Å². The van der Waals surface area contributed by atoms with Gasteiger partial charge in [0, 0.05) is 23.4 Å². The van der Waals surface area contributed by atoms with Gasteiger partial charge < -0.3 is 5.11 Å². The molecule has 0 amide bonds. The van der Waals surface area contributed by atoms with Crippen LogP contribution in [0.4, 0.5) is 0 Å². The maximum Gasteiger partial charge on any atom is 0.155 e. The van der Waals surface area contributed by atoms with Crippen molar-refractivity contribution >= 4 is 16.7 Å². The van der Waals surface area contributed by atoms with Crippen molar-refractivity contribution in [3.8, 4) is 11.3 Å². The summed E-state index contributed by atoms with van der Waals surface area (Å²) >= 11 is 0. The molecule has 3 heteroatoms. The molecule has 0 spiro atoms. The number of aromatic nitrogens is 1. The number of carbonyl (C=O) groups excluding carboxylic acids is 1. The van der Waals surface area contributed by atoms with Crippen LogP contribution in [-0.2, 0) is 11.2 Å². The Morgan fingerprint density at radius 1 is 0.879 bits per heavy atom. The summed E-state index contributed by atoms with van der Waals surface area (Å²) in [6.07, 6.45) is 11.1. The summed E-state index contributed by atoms with van der Waals surface area (Å²) in [6, 6.07) is 17.4. The normalized spacial score (nSPS) is 11.8. The number of rotatable bonds is 12. The second kappa shape index (κ2) is 12.3. The molecule has 1 heterocycles. The maximum atomic E-state index is 10.9. The number of fused-ring (bicyclic) bond motifs is 1. The summed E-state index contributed by atoms with van der Waals surface area (Å²) in [5.74, 6) is 0.128. The predicted molar refractivity (Wildman–Crippen MR) is 139 cm³/mol. The zero-order chi connectivity index (χ0) is 23.6. The maximum absolute atomic E-state index is 10.9. The number of pyridine rings is 1. The van der Waals surface area contributed by atoms with Crippen LogP contribution in [0, 0.1) is 13.8 Å². The molecule has 0 atom stereocenters. The van der Waals surface area contributed by atoms with Gasteiger partial charge in [0.2, 0.25) is 0 Å². The monoisotopic (exact) mass is 443 g/mol. The van der Waals surface area contributed by atoms with E-state index < -0.39 is 0 Å². The molecule has 1 N–H and O–H groups in total. The molecule has 0 aliphatic rings. The fraction of sp³-hybridized carbons (Fsp3) is 0.400. The Labute approximate surface area is 198 Å². The minimum Gasteiger partial charge on any atom is -0.512 e. The Kier molecular flexibility index (Phi) is 9.24. The van der Waals surface area contributed by atoms with E-state index in [2.05, 4.69) is 62.4 Å². The van der Waals surface area contributed by atoms with Gasteiger partial charge in [0.15, 0.2) is 5.78 Å². The smallest absolute Gasteiger partial charge is 0.155 e. The van der Waals surface area contributed by atoms with Crippen molar-refractivity contribution in [2.24, 2.45) is 0 Å². The van der Waals surface area contributed by atoms with Crippen molar-refractivity contribution < 1.29 is 9.90 Å². The van der Waals surface area contributed by atoms with Crippen LogP contribution in [0.3, 0.4) is 0 Å². The van der Waals surface area contributed by atoms with Crippen LogP contribution in [0.25, 0.3) is 22.2 Å². The molecule has 0 aliphatic heterocycles. The standard InChI is InChI=1S/C30H37NO2/c1-22-17-23(2)19-26(18-22)30-21-25(28-15-11-12-16-29(28)31-30)13-9-7-5-4-6-8-10-14-27(33)20-24(3)32/h11-12,15-21,33H,4-10,13-14H2,1-3H3. The van der Waals surface area contributed by atoms with Crippen molar-refractivity contribution in [1.82, 2.24) is 4.98 Å². The number of nitrogens with zero attached hydrogens (tertiary/aromatic N) is 1. The van der Waals surface area contributed by atoms with Gasteiger partial charge in [0.1, 0.15) is 0 Å². The zero-order valence-corrected chi connectivity index (χ0v) is 20.4. The summed E-state index contributed by atoms with van der Waals surface area (Å²) in [5, 5.41) is 10.9. The lowest BCUT2D eigenvalue weighted by Gasteiger charge is -2.11. The third-order valence-electron chi connectivity index (χ3n) is 6.07. The first-order valence-electron chi connectivity index (χ1n) is 12.3. The number of aliphatic hydroxyl groups excluding tert-OH is 1. The molecule has 2 aromatic carbocycles. The van der Waals surface area contributed by atoms with E-state index in [0.29, 0.717) is 6.42 Å². The average Bonchev–Trinajstić information content (AvgIpc) is 2.76. The fourth-order valence-corrected chi connectivity index (χ4v) is 4.54. The number of carbonyl (C=O) groups is 1. The van der Waals surface area contributed by atoms with E-state index in [0.717, 1.165) is 30.5 Å². The van der Waals surface area contributed by atoms with Crippen molar-refractivity contribution in [2.75, 3.05) is 0 Å². The Balaban J connectivity index is 1.51. The third kappa shape index (κ3) is 7.85. The second-order valence-corrected chi connectivity index (χ2v) is 9.28. The van der Waals surface area contributed by atoms with Crippen LogP contribution < -0.4 is 0 Å². The fourth-order valence-electron chi connectivity index (χ4n) is 4.54. The van der Waals surface area contributed by atoms with Gasteiger partial charge in [-0.3, -0.25) is 4.79 Å². The van der Waals surface area contributed by atoms with Gasteiger partial charge >= 0.3 is 0 Å². The van der Waals surface area contributed by atoms with E-state index in [1.54, 1.807) is 0 Å². The van der Waals surface area contributed by atoms with Crippen LogP contribution in [0.2, 0.25) is 0 Å². The lowest BCUT2D eigenvalue weighted by Crippen LogP contribution is -1.94. The summed E-state index contributed by atoms with van der Waals surface area (Å²) in [7, 11) is 0. The van der Waals surface area contributed by atoms with Gasteiger partial charge in [0.05, 0.1) is 17.0 Å². The number of hydrogen-bond acceptors (Lipinski definition) is 3. The van der Waals surface area contributed by atoms with Crippen LogP contribution in [0.1, 0.15) is 75.0 Å². The lowest BCUT2D eigenvalue weighted by atomic mass is 9.97. The van der Waals surface area contributed by atoms with Crippen molar-refractivity contribution in [2.45, 2.75) is 78.6 Å². The molecule has 3 aromatic rings. The lowest BCUT2D eigenvalue weighted by molar-refractivity contribution is -0.112. The molecule has 174 valence electrons. The molecule has 0 radical (unpaired) electrons. The molecule has 0 bridgehead atoms. The van der Waals surface area contributed by atoms with Crippen LogP contribution in [-0.4, -0.2) is 15.9 Å². The highest BCUT2D eigenvalue weighted by Crippen LogP contribution is 2.27. The largest absolute Gasteiger partial charge is 0.512 e. The molecule has 33 heavy (non-hydrogen) atoms. The number of aryl methyl sites for hydroxylation is 3. The molecular formula is C30H37NO2. The molecule has 0 aliphatic carbocycles. The number of para-hydroxylation sites is 1. The molecule has 0 saturated carbocycles. The number of hydrogen-bond donors (Lipinski definition) is 1. The topological polar surface area (TPSA) is 50.2 Å². The van der Waals surface area contributed by atoms with Crippen LogP contribution >= 0.6 is 0 Å². The zero-order valence-electron chi connectivity index (χ0n) is 20.4. The summed E-state index contributed by atoms with van der Waals surface area (Å²) in [4.78, 5) is 15.9. The van der Waals surface area contributed by atoms with Gasteiger partial charge in [0.25, 0.3) is 0 Å². The Morgan fingerprint density at radius 2 is 1.52 bits per heavy atom. The van der Waals surface area contributed by atoms with Gasteiger partial charge in [-0.2, -0.15) is 0 Å². The first kappa shape index (κ1) is 24.7. The number of unbranched alkanes of at least 4 members (excludes halogenated alkanes) is 6. The minimum absolute atomic E-state index is 0.0874. The Bertz CT molecular complexity index is 1090. The van der Waals surface area contributed by atoms with Crippen molar-refractivity contribution in [1.29, 1.82) is 0 Å². The van der Waals surface area contributed by atoms with Crippen molar-refractivity contribution in [3.63, 3.8) is 0 Å². The number of ketones is 1. The SMILES string of the molecule is CC(=O)C=C(O)CCCCCCCCCc1cc(-c2cc(C)cc(C)c2)nc2ccccc12. The second-order valence-electron chi connectivity index (χ2n) is 9.28.